The number of carbonyl (C=O) groups excluding carboxylic acids is 1. The van der Waals surface area contributed by atoms with Crippen LogP contribution in [0.25, 0.3) is 0 Å². The molecule has 11 nitrogen and oxygen atoms in total. The second-order valence-electron chi connectivity index (χ2n) is 11.4. The fourth-order valence-electron chi connectivity index (χ4n) is 5.09. The lowest BCUT2D eigenvalue weighted by Gasteiger charge is -2.12. The normalized spacial score (nSPS) is 10.7. The maximum atomic E-state index is 12.9. The molecule has 15 heteroatoms. The molecule has 0 aliphatic carbocycles. The third kappa shape index (κ3) is 9.78. The number of carboxylic acid groups (broad SMARTS) is 2. The summed E-state index contributed by atoms with van der Waals surface area (Å²) < 4.78 is 17.8. The van der Waals surface area contributed by atoms with Gasteiger partial charge in [-0.2, -0.15) is 0 Å². The molecule has 0 fully saturated rings. The van der Waals surface area contributed by atoms with Crippen LogP contribution in [0.3, 0.4) is 0 Å². The van der Waals surface area contributed by atoms with E-state index in [1.165, 1.54) is 24.3 Å². The lowest BCUT2D eigenvalue weighted by molar-refractivity contribution is 0.0682. The summed E-state index contributed by atoms with van der Waals surface area (Å²) in [6.07, 6.45) is 0. The molecule has 55 heavy (non-hydrogen) atoms. The molecule has 0 aliphatic rings. The van der Waals surface area contributed by atoms with E-state index in [4.69, 9.17) is 65.5 Å². The van der Waals surface area contributed by atoms with Gasteiger partial charge in [-0.05, 0) is 121 Å². The molecule has 6 aromatic carbocycles. The number of rotatable bonds is 14. The number of carboxylic acids is 2. The molecule has 6 rings (SSSR count). The average Bonchev–Trinajstić information content (AvgIpc) is 3.16. The van der Waals surface area contributed by atoms with Crippen LogP contribution in [0.4, 0.5) is 11.4 Å². The van der Waals surface area contributed by atoms with Crippen molar-refractivity contribution in [2.45, 2.75) is 6.61 Å². The molecule has 4 N–H and O–H groups in total. The number of anilines is 2. The smallest absolute Gasteiger partial charge is 0.338 e. The summed E-state index contributed by atoms with van der Waals surface area (Å²) in [5, 5.41) is 21.7. The Morgan fingerprint density at radius 3 is 1.22 bits per heavy atom. The van der Waals surface area contributed by atoms with E-state index in [-0.39, 0.29) is 49.0 Å². The Labute approximate surface area is 333 Å². The molecule has 0 bridgehead atoms. The molecule has 0 unspecified atom stereocenters. The predicted molar refractivity (Wildman–Crippen MR) is 209 cm³/mol. The van der Waals surface area contributed by atoms with Crippen molar-refractivity contribution in [2.24, 2.45) is 0 Å². The highest BCUT2D eigenvalue weighted by Gasteiger charge is 2.23. The highest BCUT2D eigenvalue weighted by molar-refractivity contribution is 6.39. The monoisotopic (exact) mass is 818 g/mol. The van der Waals surface area contributed by atoms with E-state index >= 15 is 0 Å². The molecule has 1 amide bonds. The van der Waals surface area contributed by atoms with E-state index in [0.29, 0.717) is 45.9 Å². The Hall–Kier alpha value is -5.95. The van der Waals surface area contributed by atoms with Crippen LogP contribution >= 0.6 is 46.4 Å². The van der Waals surface area contributed by atoms with Gasteiger partial charge in [-0.1, -0.05) is 46.4 Å². The summed E-state index contributed by atoms with van der Waals surface area (Å²) in [6, 6.07) is 33.0. The molecule has 0 radical (unpaired) electrons. The molecule has 0 aromatic heterocycles. The van der Waals surface area contributed by atoms with Crippen molar-refractivity contribution >= 4 is 75.6 Å². The van der Waals surface area contributed by atoms with E-state index in [1.54, 1.807) is 97.1 Å². The third-order valence-corrected chi connectivity index (χ3v) is 8.99. The van der Waals surface area contributed by atoms with E-state index < -0.39 is 17.8 Å². The molecular formula is C40H26Cl4N2O9. The molecule has 6 aromatic rings. The summed E-state index contributed by atoms with van der Waals surface area (Å²) >= 11 is 24.3. The molecule has 0 heterocycles. The van der Waals surface area contributed by atoms with Crippen LogP contribution in [0.5, 0.6) is 34.5 Å². The number of hydrogen-bond acceptors (Lipinski definition) is 8. The Balaban J connectivity index is 0.973. The van der Waals surface area contributed by atoms with Crippen molar-refractivity contribution in [3.05, 3.63) is 164 Å². The van der Waals surface area contributed by atoms with E-state index in [2.05, 4.69) is 10.8 Å². The summed E-state index contributed by atoms with van der Waals surface area (Å²) in [5.41, 5.74) is 3.25. The number of halogens is 4. The SMILES string of the molecule is O=C(O)c1c(Cl)ccc(Cl)c1CONc1ccc(Oc2ccc(Oc3ccc(Oc4ccc(NC(=O)c5c(Cl)ccc(Cl)c5C(=O)O)cc4)cc3)cc2)cc1. The predicted octanol–water partition coefficient (Wildman–Crippen LogP) is 11.9. The zero-order valence-electron chi connectivity index (χ0n) is 28.0. The van der Waals surface area contributed by atoms with Crippen molar-refractivity contribution in [1.29, 1.82) is 0 Å². The van der Waals surface area contributed by atoms with Gasteiger partial charge < -0.3 is 29.7 Å². The number of nitrogens with one attached hydrogen (secondary N) is 2. The Bertz CT molecular complexity index is 2360. The highest BCUT2D eigenvalue weighted by atomic mass is 35.5. The third-order valence-electron chi connectivity index (χ3n) is 7.69. The molecule has 0 aliphatic heterocycles. The fourth-order valence-corrected chi connectivity index (χ4v) is 6.04. The van der Waals surface area contributed by atoms with Gasteiger partial charge in [0.1, 0.15) is 41.1 Å². The molecule has 0 spiro atoms. The van der Waals surface area contributed by atoms with Crippen LogP contribution in [0.1, 0.15) is 36.6 Å². The number of ether oxygens (including phenoxy) is 3. The van der Waals surface area contributed by atoms with E-state index in [9.17, 15) is 24.6 Å². The van der Waals surface area contributed by atoms with Gasteiger partial charge in [0.15, 0.2) is 0 Å². The lowest BCUT2D eigenvalue weighted by atomic mass is 10.1. The van der Waals surface area contributed by atoms with Crippen LogP contribution in [0.15, 0.2) is 121 Å². The van der Waals surface area contributed by atoms with Gasteiger partial charge in [-0.3, -0.25) is 15.1 Å². The number of benzene rings is 6. The average molecular weight is 820 g/mol. The Kier molecular flexibility index (Phi) is 12.3. The van der Waals surface area contributed by atoms with Crippen molar-refractivity contribution in [1.82, 2.24) is 0 Å². The summed E-state index contributed by atoms with van der Waals surface area (Å²) in [6.45, 7) is -0.130. The van der Waals surface area contributed by atoms with Gasteiger partial charge in [-0.15, -0.1) is 0 Å². The zero-order chi connectivity index (χ0) is 39.1. The second kappa shape index (κ2) is 17.5. The molecule has 0 saturated heterocycles. The molecule has 0 saturated carbocycles. The van der Waals surface area contributed by atoms with E-state index in [1.807, 2.05) is 0 Å². The minimum atomic E-state index is -1.37. The molecule has 0 atom stereocenters. The first-order valence-corrected chi connectivity index (χ1v) is 17.5. The second-order valence-corrected chi connectivity index (χ2v) is 13.0. The number of amides is 1. The molecule has 278 valence electrons. The topological polar surface area (TPSA) is 153 Å². The first-order valence-electron chi connectivity index (χ1n) is 16.0. The number of hydrogen-bond donors (Lipinski definition) is 4. The van der Waals surface area contributed by atoms with Gasteiger partial charge in [0.2, 0.25) is 0 Å². The fraction of sp³-hybridized carbons (Fsp3) is 0.0250. The van der Waals surface area contributed by atoms with Gasteiger partial charge in [0.05, 0.1) is 37.4 Å². The van der Waals surface area contributed by atoms with Crippen LogP contribution < -0.4 is 25.0 Å². The quantitative estimate of drug-likeness (QED) is 0.0781. The first kappa shape index (κ1) is 38.8. The summed E-state index contributed by atoms with van der Waals surface area (Å²) in [5.74, 6) is 0.0253. The van der Waals surface area contributed by atoms with Crippen molar-refractivity contribution in [3.8, 4) is 34.5 Å². The summed E-state index contributed by atoms with van der Waals surface area (Å²) in [7, 11) is 0. The minimum absolute atomic E-state index is 0.0431. The van der Waals surface area contributed by atoms with Crippen molar-refractivity contribution in [2.75, 3.05) is 10.8 Å². The van der Waals surface area contributed by atoms with Crippen LogP contribution in [0, 0.1) is 0 Å². The van der Waals surface area contributed by atoms with Gasteiger partial charge in [-0.25, -0.2) is 9.59 Å². The standard InChI is InChI=1S/C40H26Cl4N2O9/c41-31-17-18-32(42)35(39(48)49)30(31)21-52-46-23-3-7-25(8-4-23)54-27-11-15-29(16-12-27)55-28-13-9-26(10-14-28)53-24-5-1-22(2-6-24)45-38(47)36-33(43)19-20-34(44)37(36)40(50)51/h1-20,46H,21H2,(H,45,47)(H,48,49)(H,50,51). The first-order chi connectivity index (χ1) is 26.4. The van der Waals surface area contributed by atoms with Crippen LogP contribution in [0.2, 0.25) is 20.1 Å². The van der Waals surface area contributed by atoms with Gasteiger partial charge in [0.25, 0.3) is 5.91 Å². The number of carbonyl (C=O) groups is 3. The van der Waals surface area contributed by atoms with Crippen molar-refractivity contribution < 1.29 is 43.6 Å². The minimum Gasteiger partial charge on any atom is -0.478 e. The van der Waals surface area contributed by atoms with Crippen LogP contribution in [-0.4, -0.2) is 28.1 Å². The Morgan fingerprint density at radius 1 is 0.455 bits per heavy atom. The summed E-state index contributed by atoms with van der Waals surface area (Å²) in [4.78, 5) is 41.6. The number of aromatic carboxylic acids is 2. The highest BCUT2D eigenvalue weighted by Crippen LogP contribution is 2.32. The maximum Gasteiger partial charge on any atom is 0.338 e. The lowest BCUT2D eigenvalue weighted by Crippen LogP contribution is -2.17. The van der Waals surface area contributed by atoms with E-state index in [0.717, 1.165) is 0 Å². The van der Waals surface area contributed by atoms with Crippen molar-refractivity contribution in [3.63, 3.8) is 0 Å². The molecular weight excluding hydrogens is 794 g/mol. The largest absolute Gasteiger partial charge is 0.478 e. The van der Waals surface area contributed by atoms with Gasteiger partial charge in [0, 0.05) is 16.3 Å². The van der Waals surface area contributed by atoms with Gasteiger partial charge >= 0.3 is 11.9 Å². The zero-order valence-corrected chi connectivity index (χ0v) is 31.0. The van der Waals surface area contributed by atoms with Crippen LogP contribution in [-0.2, 0) is 11.4 Å². The maximum absolute atomic E-state index is 12.9. The Morgan fingerprint density at radius 2 is 0.800 bits per heavy atom.